The minimum absolute atomic E-state index is 0.131. The van der Waals surface area contributed by atoms with Crippen LogP contribution in [-0.4, -0.2) is 14.6 Å². The van der Waals surface area contributed by atoms with E-state index in [0.29, 0.717) is 0 Å². The lowest BCUT2D eigenvalue weighted by atomic mass is 10.1. The predicted molar refractivity (Wildman–Crippen MR) is 87.1 cm³/mol. The average molecular weight is 345 g/mol. The number of rotatable bonds is 4. The molecule has 1 aromatic carbocycles. The Morgan fingerprint density at radius 1 is 1.24 bits per heavy atom. The van der Waals surface area contributed by atoms with Gasteiger partial charge in [-0.05, 0) is 43.2 Å². The number of aromatic nitrogens is 3. The van der Waals surface area contributed by atoms with Gasteiger partial charge in [-0.25, -0.2) is 0 Å². The zero-order chi connectivity index (χ0) is 14.8. The van der Waals surface area contributed by atoms with Gasteiger partial charge in [0.1, 0.15) is 0 Å². The van der Waals surface area contributed by atoms with Crippen molar-refractivity contribution in [2.24, 2.45) is 0 Å². The molecule has 4 nitrogen and oxygen atoms in total. The van der Waals surface area contributed by atoms with Gasteiger partial charge in [-0.3, -0.25) is 4.40 Å². The Morgan fingerprint density at radius 2 is 2.10 bits per heavy atom. The van der Waals surface area contributed by atoms with E-state index in [1.807, 2.05) is 28.8 Å². The summed E-state index contributed by atoms with van der Waals surface area (Å²) >= 11 is 3.53. The fourth-order valence-electron chi connectivity index (χ4n) is 2.33. The van der Waals surface area contributed by atoms with Crippen molar-refractivity contribution < 1.29 is 0 Å². The van der Waals surface area contributed by atoms with Crippen molar-refractivity contribution in [2.45, 2.75) is 26.4 Å². The number of pyridine rings is 1. The summed E-state index contributed by atoms with van der Waals surface area (Å²) in [6, 6.07) is 12.4. The summed E-state index contributed by atoms with van der Waals surface area (Å²) in [6.07, 6.45) is 1.99. The minimum Gasteiger partial charge on any atom is -0.303 e. The molecule has 2 aromatic heterocycles. The number of benzene rings is 1. The average Bonchev–Trinajstić information content (AvgIpc) is 2.92. The first kappa shape index (κ1) is 14.2. The molecule has 108 valence electrons. The zero-order valence-electron chi connectivity index (χ0n) is 12.0. The minimum atomic E-state index is 0.131. The van der Waals surface area contributed by atoms with Crippen molar-refractivity contribution in [1.82, 2.24) is 19.9 Å². The molecule has 3 aromatic rings. The molecule has 21 heavy (non-hydrogen) atoms. The lowest BCUT2D eigenvalue weighted by Gasteiger charge is -2.13. The first-order chi connectivity index (χ1) is 10.1. The predicted octanol–water partition coefficient (Wildman–Crippen LogP) is 3.65. The Balaban J connectivity index is 1.74. The van der Waals surface area contributed by atoms with Crippen molar-refractivity contribution in [2.75, 3.05) is 0 Å². The van der Waals surface area contributed by atoms with Gasteiger partial charge in [0, 0.05) is 17.2 Å². The van der Waals surface area contributed by atoms with Crippen molar-refractivity contribution in [1.29, 1.82) is 0 Å². The summed E-state index contributed by atoms with van der Waals surface area (Å²) in [5, 5.41) is 12.0. The first-order valence-corrected chi connectivity index (χ1v) is 7.72. The lowest BCUT2D eigenvalue weighted by Crippen LogP contribution is -2.20. The standard InChI is InChI=1S/C16H17BrN4/c1-11-9-13(6-7-14(11)17)10-18-12(2)16-20-19-15-5-3-4-8-21(15)16/h3-9,12,18H,10H2,1-2H3. The van der Waals surface area contributed by atoms with Crippen LogP contribution in [0.25, 0.3) is 5.65 Å². The fourth-order valence-corrected chi connectivity index (χ4v) is 2.58. The molecule has 0 spiro atoms. The largest absolute Gasteiger partial charge is 0.303 e. The normalized spacial score (nSPS) is 12.7. The Kier molecular flexibility index (Phi) is 4.03. The lowest BCUT2D eigenvalue weighted by molar-refractivity contribution is 0.541. The quantitative estimate of drug-likeness (QED) is 0.785. The highest BCUT2D eigenvalue weighted by Crippen LogP contribution is 2.18. The van der Waals surface area contributed by atoms with Crippen LogP contribution in [0, 0.1) is 6.92 Å². The molecule has 5 heteroatoms. The van der Waals surface area contributed by atoms with Gasteiger partial charge in [0.15, 0.2) is 11.5 Å². The Hall–Kier alpha value is -1.72. The van der Waals surface area contributed by atoms with E-state index in [1.165, 1.54) is 11.1 Å². The van der Waals surface area contributed by atoms with Crippen LogP contribution in [0.5, 0.6) is 0 Å². The van der Waals surface area contributed by atoms with Crippen molar-refractivity contribution in [3.8, 4) is 0 Å². The highest BCUT2D eigenvalue weighted by Gasteiger charge is 2.12. The van der Waals surface area contributed by atoms with Gasteiger partial charge in [0.2, 0.25) is 0 Å². The number of hydrogen-bond donors (Lipinski definition) is 1. The smallest absolute Gasteiger partial charge is 0.160 e. The summed E-state index contributed by atoms with van der Waals surface area (Å²) in [7, 11) is 0. The van der Waals surface area contributed by atoms with E-state index in [9.17, 15) is 0 Å². The second-order valence-electron chi connectivity index (χ2n) is 5.17. The summed E-state index contributed by atoms with van der Waals surface area (Å²) in [5.74, 6) is 0.930. The van der Waals surface area contributed by atoms with Crippen LogP contribution >= 0.6 is 15.9 Å². The molecular weight excluding hydrogens is 328 g/mol. The summed E-state index contributed by atoms with van der Waals surface area (Å²) < 4.78 is 3.16. The summed E-state index contributed by atoms with van der Waals surface area (Å²) in [5.41, 5.74) is 3.38. The van der Waals surface area contributed by atoms with E-state index in [0.717, 1.165) is 22.5 Å². The summed E-state index contributed by atoms with van der Waals surface area (Å²) in [6.45, 7) is 5.01. The molecule has 3 rings (SSSR count). The Labute approximate surface area is 132 Å². The third kappa shape index (κ3) is 2.99. The van der Waals surface area contributed by atoms with Gasteiger partial charge in [-0.1, -0.05) is 34.1 Å². The first-order valence-electron chi connectivity index (χ1n) is 6.93. The van der Waals surface area contributed by atoms with Gasteiger partial charge in [0.05, 0.1) is 6.04 Å². The van der Waals surface area contributed by atoms with Crippen molar-refractivity contribution >= 4 is 21.6 Å². The molecule has 0 amide bonds. The van der Waals surface area contributed by atoms with Gasteiger partial charge in [-0.2, -0.15) is 0 Å². The molecule has 2 heterocycles. The molecule has 1 N–H and O–H groups in total. The number of aryl methyl sites for hydroxylation is 1. The Morgan fingerprint density at radius 3 is 2.90 bits per heavy atom. The van der Waals surface area contributed by atoms with E-state index in [1.54, 1.807) is 0 Å². The van der Waals surface area contributed by atoms with Gasteiger partial charge in [0.25, 0.3) is 0 Å². The second kappa shape index (κ2) is 5.95. The molecular formula is C16H17BrN4. The third-order valence-electron chi connectivity index (χ3n) is 3.56. The maximum Gasteiger partial charge on any atom is 0.160 e. The maximum atomic E-state index is 4.28. The molecule has 1 atom stereocenters. The number of halogens is 1. The molecule has 1 unspecified atom stereocenters. The highest BCUT2D eigenvalue weighted by molar-refractivity contribution is 9.10. The number of fused-ring (bicyclic) bond motifs is 1. The van der Waals surface area contributed by atoms with E-state index in [-0.39, 0.29) is 6.04 Å². The van der Waals surface area contributed by atoms with Crippen LogP contribution < -0.4 is 5.32 Å². The van der Waals surface area contributed by atoms with Crippen LogP contribution in [0.3, 0.4) is 0 Å². The molecule has 0 radical (unpaired) electrons. The van der Waals surface area contributed by atoms with E-state index in [2.05, 4.69) is 63.5 Å². The van der Waals surface area contributed by atoms with E-state index < -0.39 is 0 Å². The van der Waals surface area contributed by atoms with Crippen LogP contribution in [-0.2, 0) is 6.54 Å². The molecule has 0 aliphatic heterocycles. The zero-order valence-corrected chi connectivity index (χ0v) is 13.6. The summed E-state index contributed by atoms with van der Waals surface area (Å²) in [4.78, 5) is 0. The topological polar surface area (TPSA) is 42.2 Å². The maximum absolute atomic E-state index is 4.28. The van der Waals surface area contributed by atoms with Crippen molar-refractivity contribution in [3.05, 3.63) is 64.0 Å². The third-order valence-corrected chi connectivity index (χ3v) is 4.45. The molecule has 0 bridgehead atoms. The highest BCUT2D eigenvalue weighted by atomic mass is 79.9. The number of nitrogens with one attached hydrogen (secondary N) is 1. The van der Waals surface area contributed by atoms with Crippen LogP contribution in [0.4, 0.5) is 0 Å². The molecule has 0 aliphatic carbocycles. The molecule has 0 aliphatic rings. The van der Waals surface area contributed by atoms with Crippen LogP contribution in [0.2, 0.25) is 0 Å². The van der Waals surface area contributed by atoms with Gasteiger partial charge in [-0.15, -0.1) is 10.2 Å². The SMILES string of the molecule is Cc1cc(CNC(C)c2nnc3ccccn23)ccc1Br. The molecule has 0 saturated carbocycles. The van der Waals surface area contributed by atoms with Gasteiger partial charge >= 0.3 is 0 Å². The van der Waals surface area contributed by atoms with Crippen LogP contribution in [0.15, 0.2) is 47.1 Å². The van der Waals surface area contributed by atoms with Crippen molar-refractivity contribution in [3.63, 3.8) is 0 Å². The molecule has 0 fully saturated rings. The van der Waals surface area contributed by atoms with E-state index in [4.69, 9.17) is 0 Å². The van der Waals surface area contributed by atoms with E-state index >= 15 is 0 Å². The Bertz CT molecular complexity index is 766. The number of hydrogen-bond acceptors (Lipinski definition) is 3. The van der Waals surface area contributed by atoms with Crippen LogP contribution in [0.1, 0.15) is 29.9 Å². The molecule has 0 saturated heterocycles. The fraction of sp³-hybridized carbons (Fsp3) is 0.250. The number of nitrogens with zero attached hydrogens (tertiary/aromatic N) is 3. The monoisotopic (exact) mass is 344 g/mol. The second-order valence-corrected chi connectivity index (χ2v) is 6.03. The van der Waals surface area contributed by atoms with Gasteiger partial charge < -0.3 is 5.32 Å².